The molecule has 2 aliphatic rings. The van der Waals surface area contributed by atoms with Gasteiger partial charge < -0.3 is 5.73 Å². The van der Waals surface area contributed by atoms with Gasteiger partial charge in [-0.25, -0.2) is 0 Å². The number of imide groups is 1. The zero-order valence-electron chi connectivity index (χ0n) is 12.3. The molecule has 1 aliphatic heterocycles. The first-order valence-electron chi connectivity index (χ1n) is 7.39. The van der Waals surface area contributed by atoms with Gasteiger partial charge in [0.2, 0.25) is 11.8 Å². The highest BCUT2D eigenvalue weighted by atomic mass is 16.2. The van der Waals surface area contributed by atoms with Crippen LogP contribution in [0.15, 0.2) is 0 Å². The average molecular weight is 266 g/mol. The van der Waals surface area contributed by atoms with E-state index in [2.05, 4.69) is 20.8 Å². The van der Waals surface area contributed by atoms with Gasteiger partial charge in [-0.1, -0.05) is 20.8 Å². The molecule has 3 atom stereocenters. The molecule has 2 amide bonds. The SMILES string of the molecule is CC(C)(C)C1CCC(CN)C(N2C(=O)CCC2=O)C1. The van der Waals surface area contributed by atoms with Gasteiger partial charge in [-0.3, -0.25) is 14.5 Å². The van der Waals surface area contributed by atoms with E-state index < -0.39 is 0 Å². The lowest BCUT2D eigenvalue weighted by atomic mass is 9.67. The van der Waals surface area contributed by atoms with E-state index in [1.165, 1.54) is 4.90 Å². The predicted octanol–water partition coefficient (Wildman–Crippen LogP) is 1.93. The van der Waals surface area contributed by atoms with Crippen LogP contribution in [0.3, 0.4) is 0 Å². The number of amides is 2. The van der Waals surface area contributed by atoms with Gasteiger partial charge in [0.15, 0.2) is 0 Å². The third kappa shape index (κ3) is 2.83. The average Bonchev–Trinajstić information content (AvgIpc) is 2.67. The Bertz CT molecular complexity index is 357. The molecule has 4 heteroatoms. The van der Waals surface area contributed by atoms with Crippen molar-refractivity contribution in [3.8, 4) is 0 Å². The fourth-order valence-corrected chi connectivity index (χ4v) is 3.55. The maximum Gasteiger partial charge on any atom is 0.229 e. The number of hydrogen-bond donors (Lipinski definition) is 1. The van der Waals surface area contributed by atoms with Crippen LogP contribution >= 0.6 is 0 Å². The van der Waals surface area contributed by atoms with Gasteiger partial charge in [-0.05, 0) is 43.1 Å². The van der Waals surface area contributed by atoms with Gasteiger partial charge >= 0.3 is 0 Å². The van der Waals surface area contributed by atoms with Crippen molar-refractivity contribution in [3.63, 3.8) is 0 Å². The van der Waals surface area contributed by atoms with E-state index in [1.54, 1.807) is 0 Å². The molecule has 19 heavy (non-hydrogen) atoms. The Morgan fingerprint density at radius 2 is 1.74 bits per heavy atom. The second-order valence-corrected chi connectivity index (χ2v) is 7.10. The number of carbonyl (C=O) groups is 2. The second-order valence-electron chi connectivity index (χ2n) is 7.10. The first-order chi connectivity index (χ1) is 8.84. The van der Waals surface area contributed by atoms with Crippen molar-refractivity contribution in [1.82, 2.24) is 4.90 Å². The minimum absolute atomic E-state index is 0.00279. The highest BCUT2D eigenvalue weighted by Crippen LogP contribution is 2.42. The summed E-state index contributed by atoms with van der Waals surface area (Å²) in [7, 11) is 0. The zero-order valence-corrected chi connectivity index (χ0v) is 12.3. The minimum Gasteiger partial charge on any atom is -0.330 e. The van der Waals surface area contributed by atoms with Crippen LogP contribution in [0.4, 0.5) is 0 Å². The third-order valence-electron chi connectivity index (χ3n) is 4.91. The molecule has 0 radical (unpaired) electrons. The molecule has 1 heterocycles. The highest BCUT2D eigenvalue weighted by Gasteiger charge is 2.43. The second kappa shape index (κ2) is 5.23. The predicted molar refractivity (Wildman–Crippen MR) is 74.2 cm³/mol. The Labute approximate surface area is 115 Å². The topological polar surface area (TPSA) is 63.4 Å². The van der Waals surface area contributed by atoms with Gasteiger partial charge in [0.05, 0.1) is 0 Å². The van der Waals surface area contributed by atoms with Gasteiger partial charge in [0, 0.05) is 18.9 Å². The number of carbonyl (C=O) groups excluding carboxylic acids is 2. The first-order valence-corrected chi connectivity index (χ1v) is 7.39. The van der Waals surface area contributed by atoms with Gasteiger partial charge in [0.25, 0.3) is 0 Å². The fraction of sp³-hybridized carbons (Fsp3) is 0.867. The molecule has 2 N–H and O–H groups in total. The summed E-state index contributed by atoms with van der Waals surface area (Å²) < 4.78 is 0. The van der Waals surface area contributed by atoms with E-state index >= 15 is 0 Å². The number of likely N-dealkylation sites (tertiary alicyclic amines) is 1. The molecular formula is C15H26N2O2. The fourth-order valence-electron chi connectivity index (χ4n) is 3.55. The summed E-state index contributed by atoms with van der Waals surface area (Å²) in [6.07, 6.45) is 3.86. The van der Waals surface area contributed by atoms with E-state index in [0.717, 1.165) is 19.3 Å². The molecule has 3 unspecified atom stereocenters. The van der Waals surface area contributed by atoms with Crippen LogP contribution in [0.5, 0.6) is 0 Å². The summed E-state index contributed by atoms with van der Waals surface area (Å²) in [6.45, 7) is 7.29. The van der Waals surface area contributed by atoms with E-state index in [4.69, 9.17) is 5.73 Å². The van der Waals surface area contributed by atoms with Crippen molar-refractivity contribution >= 4 is 11.8 Å². The van der Waals surface area contributed by atoms with E-state index in [-0.39, 0.29) is 29.2 Å². The molecule has 0 aromatic rings. The smallest absolute Gasteiger partial charge is 0.229 e. The molecular weight excluding hydrogens is 240 g/mol. The Kier molecular flexibility index (Phi) is 4.00. The number of rotatable bonds is 2. The molecule has 4 nitrogen and oxygen atoms in total. The lowest BCUT2D eigenvalue weighted by Crippen LogP contribution is -2.50. The van der Waals surface area contributed by atoms with Crippen LogP contribution in [0.25, 0.3) is 0 Å². The molecule has 1 saturated heterocycles. The maximum absolute atomic E-state index is 12.0. The number of nitrogens with two attached hydrogens (primary N) is 1. The maximum atomic E-state index is 12.0. The number of hydrogen-bond acceptors (Lipinski definition) is 3. The molecule has 108 valence electrons. The lowest BCUT2D eigenvalue weighted by Gasteiger charge is -2.44. The van der Waals surface area contributed by atoms with Crippen LogP contribution in [0.1, 0.15) is 52.9 Å². The van der Waals surface area contributed by atoms with Crippen LogP contribution in [-0.2, 0) is 9.59 Å². The molecule has 0 bridgehead atoms. The summed E-state index contributed by atoms with van der Waals surface area (Å²) in [6, 6.07) is 0.0328. The summed E-state index contributed by atoms with van der Waals surface area (Å²) in [4.78, 5) is 25.5. The first kappa shape index (κ1) is 14.5. The summed E-state index contributed by atoms with van der Waals surface area (Å²) in [5, 5.41) is 0. The summed E-state index contributed by atoms with van der Waals surface area (Å²) >= 11 is 0. The highest BCUT2D eigenvalue weighted by molar-refractivity contribution is 6.02. The standard InChI is InChI=1S/C15H26N2O2/c1-15(2,3)11-5-4-10(9-16)12(8-11)17-13(18)6-7-14(17)19/h10-12H,4-9,16H2,1-3H3. The molecule has 2 rings (SSSR count). The van der Waals surface area contributed by atoms with E-state index in [9.17, 15) is 9.59 Å². The molecule has 1 saturated carbocycles. The van der Waals surface area contributed by atoms with E-state index in [1.807, 2.05) is 0 Å². The lowest BCUT2D eigenvalue weighted by molar-refractivity contribution is -0.144. The van der Waals surface area contributed by atoms with Gasteiger partial charge in [-0.2, -0.15) is 0 Å². The molecule has 1 aliphatic carbocycles. The zero-order chi connectivity index (χ0) is 14.2. The Morgan fingerprint density at radius 3 is 2.21 bits per heavy atom. The van der Waals surface area contributed by atoms with Crippen molar-refractivity contribution in [2.24, 2.45) is 23.0 Å². The molecule has 2 fully saturated rings. The number of nitrogens with zero attached hydrogens (tertiary/aromatic N) is 1. The van der Waals surface area contributed by atoms with E-state index in [0.29, 0.717) is 25.3 Å². The van der Waals surface area contributed by atoms with Crippen molar-refractivity contribution in [1.29, 1.82) is 0 Å². The van der Waals surface area contributed by atoms with Crippen LogP contribution < -0.4 is 5.73 Å². The van der Waals surface area contributed by atoms with Gasteiger partial charge in [0.1, 0.15) is 0 Å². The Balaban J connectivity index is 2.18. The third-order valence-corrected chi connectivity index (χ3v) is 4.91. The van der Waals surface area contributed by atoms with Crippen molar-refractivity contribution in [2.75, 3.05) is 6.54 Å². The Morgan fingerprint density at radius 1 is 1.16 bits per heavy atom. The van der Waals surface area contributed by atoms with Crippen LogP contribution in [0, 0.1) is 17.3 Å². The molecule has 0 aromatic heterocycles. The van der Waals surface area contributed by atoms with Crippen molar-refractivity contribution in [3.05, 3.63) is 0 Å². The largest absolute Gasteiger partial charge is 0.330 e. The normalized spacial score (nSPS) is 33.1. The molecule has 0 aromatic carbocycles. The molecule has 0 spiro atoms. The minimum atomic E-state index is 0.00279. The summed E-state index contributed by atoms with van der Waals surface area (Å²) in [5.41, 5.74) is 6.08. The quantitative estimate of drug-likeness (QED) is 0.777. The Hall–Kier alpha value is -0.900. The monoisotopic (exact) mass is 266 g/mol. The van der Waals surface area contributed by atoms with Crippen molar-refractivity contribution in [2.45, 2.75) is 58.9 Å². The van der Waals surface area contributed by atoms with Crippen molar-refractivity contribution < 1.29 is 9.59 Å². The van der Waals surface area contributed by atoms with Crippen LogP contribution in [0.2, 0.25) is 0 Å². The van der Waals surface area contributed by atoms with Gasteiger partial charge in [-0.15, -0.1) is 0 Å². The van der Waals surface area contributed by atoms with Crippen LogP contribution in [-0.4, -0.2) is 29.3 Å². The summed E-state index contributed by atoms with van der Waals surface area (Å²) in [5.74, 6) is 0.845.